The molecule has 4 heterocycles. The number of nitrogens with two attached hydrogens (primary N) is 1. The fourth-order valence-corrected chi connectivity index (χ4v) is 5.80. The second-order valence-corrected chi connectivity index (χ2v) is 10.9. The number of ether oxygens (including phenoxy) is 3. The number of nitrogens with zero attached hydrogens (tertiary/aromatic N) is 6. The van der Waals surface area contributed by atoms with Gasteiger partial charge in [-0.05, 0) is 48.7 Å². The molecule has 1 aliphatic heterocycles. The van der Waals surface area contributed by atoms with Gasteiger partial charge in [-0.2, -0.15) is 5.10 Å². The summed E-state index contributed by atoms with van der Waals surface area (Å²) in [7, 11) is 4.64. The van der Waals surface area contributed by atoms with Gasteiger partial charge in [-0.25, -0.2) is 24.0 Å². The second-order valence-electron chi connectivity index (χ2n) is 10.9. The number of hydrogen-bond donors (Lipinski definition) is 2. The lowest BCUT2D eigenvalue weighted by molar-refractivity contribution is -0.106. The van der Waals surface area contributed by atoms with E-state index >= 15 is 0 Å². The molecule has 238 valence electrons. The molecular formula is C33H35FN8O4. The molecule has 5 aromatic rings. The third kappa shape index (κ3) is 6.19. The number of aromatic nitrogens is 5. The van der Waals surface area contributed by atoms with Crippen molar-refractivity contribution in [2.75, 3.05) is 45.1 Å². The SMILES string of the molecule is COc1ccc(F)cc1C(=O)NCc1ccc(-c2nn(C3CCN(c4ccc(C(OC)OC)cn4)CC3)c3ncnc(N)c23)cc1. The average Bonchev–Trinajstić information content (AvgIpc) is 3.49. The number of amides is 1. The lowest BCUT2D eigenvalue weighted by Crippen LogP contribution is -2.35. The first-order valence-corrected chi connectivity index (χ1v) is 14.9. The molecule has 1 aliphatic rings. The molecular weight excluding hydrogens is 591 g/mol. The number of carbonyl (C=O) groups excluding carboxylic acids is 1. The van der Waals surface area contributed by atoms with Crippen LogP contribution in [0.3, 0.4) is 0 Å². The number of fused-ring (bicyclic) bond motifs is 1. The fourth-order valence-electron chi connectivity index (χ4n) is 5.80. The Balaban J connectivity index is 1.17. The third-order valence-electron chi connectivity index (χ3n) is 8.21. The Kier molecular flexibility index (Phi) is 9.04. The van der Waals surface area contributed by atoms with Gasteiger partial charge in [0.05, 0.1) is 24.1 Å². The standard InChI is InChI=1S/C33H35FN8O4/c1-44-26-10-9-23(34)16-25(26)32(43)37-17-20-4-6-21(7-5-20)29-28-30(35)38-19-39-31(28)42(40-29)24-12-14-41(15-13-24)27-11-8-22(18-36-27)33(45-2)46-3/h4-11,16,18-19,24,33H,12-15,17H2,1-3H3,(H,37,43)(H2,35,38,39). The molecule has 0 radical (unpaired) electrons. The Morgan fingerprint density at radius 1 is 1.02 bits per heavy atom. The molecule has 2 aromatic carbocycles. The van der Waals surface area contributed by atoms with Crippen molar-refractivity contribution < 1.29 is 23.4 Å². The minimum Gasteiger partial charge on any atom is -0.496 e. The van der Waals surface area contributed by atoms with E-state index in [2.05, 4.69) is 25.2 Å². The molecule has 46 heavy (non-hydrogen) atoms. The minimum absolute atomic E-state index is 0.113. The van der Waals surface area contributed by atoms with Crippen LogP contribution in [0.25, 0.3) is 22.3 Å². The van der Waals surface area contributed by atoms with Gasteiger partial charge in [0.25, 0.3) is 5.91 Å². The molecule has 0 saturated carbocycles. The Labute approximate surface area is 265 Å². The van der Waals surface area contributed by atoms with E-state index in [9.17, 15) is 9.18 Å². The molecule has 0 unspecified atom stereocenters. The summed E-state index contributed by atoms with van der Waals surface area (Å²) >= 11 is 0. The van der Waals surface area contributed by atoms with Crippen molar-refractivity contribution in [3.05, 3.63) is 89.6 Å². The smallest absolute Gasteiger partial charge is 0.255 e. The highest BCUT2D eigenvalue weighted by Gasteiger charge is 2.27. The summed E-state index contributed by atoms with van der Waals surface area (Å²) in [6, 6.07) is 15.6. The van der Waals surface area contributed by atoms with E-state index in [0.29, 0.717) is 28.3 Å². The zero-order chi connectivity index (χ0) is 32.2. The summed E-state index contributed by atoms with van der Waals surface area (Å²) < 4.78 is 31.6. The molecule has 0 aliphatic carbocycles. The van der Waals surface area contributed by atoms with Crippen LogP contribution in [0.5, 0.6) is 5.75 Å². The number of rotatable bonds is 10. The van der Waals surface area contributed by atoms with Crippen LogP contribution in [0.4, 0.5) is 16.0 Å². The Morgan fingerprint density at radius 2 is 1.78 bits per heavy atom. The van der Waals surface area contributed by atoms with Gasteiger partial charge in [-0.3, -0.25) is 4.79 Å². The van der Waals surface area contributed by atoms with Crippen molar-refractivity contribution >= 4 is 28.6 Å². The van der Waals surface area contributed by atoms with Crippen LogP contribution < -0.4 is 20.7 Å². The predicted octanol–water partition coefficient (Wildman–Crippen LogP) is 4.68. The molecule has 1 saturated heterocycles. The molecule has 13 heteroatoms. The highest BCUT2D eigenvalue weighted by Crippen LogP contribution is 2.35. The molecule has 3 aromatic heterocycles. The number of piperidine rings is 1. The van der Waals surface area contributed by atoms with Gasteiger partial charge >= 0.3 is 0 Å². The molecule has 0 bridgehead atoms. The van der Waals surface area contributed by atoms with E-state index < -0.39 is 18.0 Å². The van der Waals surface area contributed by atoms with Crippen LogP contribution in [-0.2, 0) is 16.0 Å². The zero-order valence-electron chi connectivity index (χ0n) is 25.8. The summed E-state index contributed by atoms with van der Waals surface area (Å²) in [4.78, 5) is 28.4. The number of halogens is 1. The molecule has 0 atom stereocenters. The molecule has 12 nitrogen and oxygen atoms in total. The minimum atomic E-state index is -0.512. The summed E-state index contributed by atoms with van der Waals surface area (Å²) in [5, 5.41) is 8.54. The summed E-state index contributed by atoms with van der Waals surface area (Å²) in [5.74, 6) is 0.619. The van der Waals surface area contributed by atoms with Gasteiger partial charge in [-0.15, -0.1) is 0 Å². The Bertz CT molecular complexity index is 1820. The van der Waals surface area contributed by atoms with Crippen molar-refractivity contribution in [1.29, 1.82) is 0 Å². The molecule has 1 amide bonds. The van der Waals surface area contributed by atoms with E-state index in [1.54, 1.807) is 20.4 Å². The number of nitrogens with one attached hydrogen (secondary N) is 1. The van der Waals surface area contributed by atoms with Gasteiger partial charge in [-0.1, -0.05) is 24.3 Å². The van der Waals surface area contributed by atoms with Crippen molar-refractivity contribution in [3.8, 4) is 17.0 Å². The molecule has 6 rings (SSSR count). The lowest BCUT2D eigenvalue weighted by atomic mass is 10.0. The normalized spacial score (nSPS) is 13.8. The lowest BCUT2D eigenvalue weighted by Gasteiger charge is -2.33. The first kappa shape index (κ1) is 30.9. The quantitative estimate of drug-likeness (QED) is 0.210. The number of methoxy groups -OCH3 is 3. The van der Waals surface area contributed by atoms with Crippen molar-refractivity contribution in [1.82, 2.24) is 30.0 Å². The molecule has 0 spiro atoms. The van der Waals surface area contributed by atoms with E-state index in [1.165, 1.54) is 25.6 Å². The van der Waals surface area contributed by atoms with Gasteiger partial charge < -0.3 is 30.2 Å². The van der Waals surface area contributed by atoms with E-state index in [1.807, 2.05) is 41.1 Å². The number of carbonyl (C=O) groups is 1. The maximum Gasteiger partial charge on any atom is 0.255 e. The topological polar surface area (TPSA) is 143 Å². The van der Waals surface area contributed by atoms with Gasteiger partial charge in [0.15, 0.2) is 11.9 Å². The van der Waals surface area contributed by atoms with Crippen LogP contribution in [-0.4, -0.2) is 65.1 Å². The summed E-state index contributed by atoms with van der Waals surface area (Å²) in [6.07, 6.45) is 4.49. The van der Waals surface area contributed by atoms with Crippen molar-refractivity contribution in [2.45, 2.75) is 31.7 Å². The van der Waals surface area contributed by atoms with Crippen LogP contribution in [0.1, 0.15) is 46.7 Å². The van der Waals surface area contributed by atoms with Crippen LogP contribution in [0.15, 0.2) is 67.1 Å². The summed E-state index contributed by atoms with van der Waals surface area (Å²) in [6.45, 7) is 1.84. The molecule has 3 N–H and O–H groups in total. The highest BCUT2D eigenvalue weighted by atomic mass is 19.1. The predicted molar refractivity (Wildman–Crippen MR) is 171 cm³/mol. The van der Waals surface area contributed by atoms with Crippen molar-refractivity contribution in [2.24, 2.45) is 0 Å². The van der Waals surface area contributed by atoms with E-state index in [4.69, 9.17) is 25.0 Å². The summed E-state index contributed by atoms with van der Waals surface area (Å²) in [5.41, 5.74) is 10.4. The number of nitrogen functional groups attached to an aromatic ring is 1. The van der Waals surface area contributed by atoms with E-state index in [-0.39, 0.29) is 18.2 Å². The Morgan fingerprint density at radius 3 is 2.46 bits per heavy atom. The van der Waals surface area contributed by atoms with Crippen molar-refractivity contribution in [3.63, 3.8) is 0 Å². The van der Waals surface area contributed by atoms with E-state index in [0.717, 1.165) is 54.5 Å². The van der Waals surface area contributed by atoms with Gasteiger partial charge in [0.1, 0.15) is 35.2 Å². The second kappa shape index (κ2) is 13.5. The maximum absolute atomic E-state index is 13.7. The van der Waals surface area contributed by atoms with Crippen LogP contribution in [0, 0.1) is 5.82 Å². The third-order valence-corrected chi connectivity index (χ3v) is 8.21. The first-order valence-electron chi connectivity index (χ1n) is 14.9. The first-order chi connectivity index (χ1) is 22.4. The number of hydrogen-bond acceptors (Lipinski definition) is 10. The monoisotopic (exact) mass is 626 g/mol. The average molecular weight is 627 g/mol. The van der Waals surface area contributed by atoms with Gasteiger partial charge in [0, 0.05) is 51.2 Å². The number of anilines is 2. The number of pyridine rings is 1. The largest absolute Gasteiger partial charge is 0.496 e. The molecule has 1 fully saturated rings. The van der Waals surface area contributed by atoms with Crippen LogP contribution in [0.2, 0.25) is 0 Å². The zero-order valence-corrected chi connectivity index (χ0v) is 25.8. The Hall–Kier alpha value is -5.14. The maximum atomic E-state index is 13.7. The number of benzene rings is 2. The fraction of sp³-hybridized carbons (Fsp3) is 0.303. The van der Waals surface area contributed by atoms with Gasteiger partial charge in [0.2, 0.25) is 0 Å². The highest BCUT2D eigenvalue weighted by molar-refractivity contribution is 5.98. The van der Waals surface area contributed by atoms with Crippen LogP contribution >= 0.6 is 0 Å².